The van der Waals surface area contributed by atoms with Gasteiger partial charge >= 0.3 is 0 Å². The van der Waals surface area contributed by atoms with E-state index in [1.54, 1.807) is 13.3 Å². The SMILES string of the molecule is COc1ccc(C(NC(=O)CCn2c(-c3cccc(C)c3)n[nH]c2=S)c2nccn2C)cc1. The predicted octanol–water partition coefficient (Wildman–Crippen LogP) is 3.95. The zero-order valence-corrected chi connectivity index (χ0v) is 19.6. The van der Waals surface area contributed by atoms with E-state index in [4.69, 9.17) is 17.0 Å². The first-order valence-corrected chi connectivity index (χ1v) is 11.0. The Labute approximate surface area is 197 Å². The number of nitrogens with one attached hydrogen (secondary N) is 2. The molecule has 0 fully saturated rings. The topological polar surface area (TPSA) is 89.8 Å². The Bertz CT molecular complexity index is 1300. The molecule has 9 heteroatoms. The number of hydrogen-bond acceptors (Lipinski definition) is 5. The van der Waals surface area contributed by atoms with E-state index in [1.807, 2.05) is 77.8 Å². The van der Waals surface area contributed by atoms with Gasteiger partial charge in [0.1, 0.15) is 17.6 Å². The second-order valence-corrected chi connectivity index (χ2v) is 8.18. The van der Waals surface area contributed by atoms with Crippen molar-refractivity contribution in [3.63, 3.8) is 0 Å². The van der Waals surface area contributed by atoms with Gasteiger partial charge in [-0.2, -0.15) is 5.10 Å². The number of aryl methyl sites for hydroxylation is 2. The minimum atomic E-state index is -0.392. The van der Waals surface area contributed by atoms with Crippen LogP contribution in [0.25, 0.3) is 11.4 Å². The van der Waals surface area contributed by atoms with Gasteiger partial charge in [-0.15, -0.1) is 0 Å². The van der Waals surface area contributed by atoms with E-state index >= 15 is 0 Å². The Morgan fingerprint density at radius 3 is 2.70 bits per heavy atom. The largest absolute Gasteiger partial charge is 0.497 e. The predicted molar refractivity (Wildman–Crippen MR) is 128 cm³/mol. The third-order valence-corrected chi connectivity index (χ3v) is 5.78. The highest BCUT2D eigenvalue weighted by Crippen LogP contribution is 2.23. The number of amides is 1. The van der Waals surface area contributed by atoms with Gasteiger partial charge in [0.15, 0.2) is 10.6 Å². The normalized spacial score (nSPS) is 11.8. The van der Waals surface area contributed by atoms with E-state index in [9.17, 15) is 4.79 Å². The number of aromatic amines is 1. The molecule has 170 valence electrons. The van der Waals surface area contributed by atoms with Crippen molar-refractivity contribution in [1.82, 2.24) is 29.6 Å². The van der Waals surface area contributed by atoms with Crippen molar-refractivity contribution < 1.29 is 9.53 Å². The molecule has 2 N–H and O–H groups in total. The van der Waals surface area contributed by atoms with Crippen LogP contribution in [0.1, 0.15) is 29.4 Å². The molecule has 2 heterocycles. The summed E-state index contributed by atoms with van der Waals surface area (Å²) >= 11 is 5.42. The van der Waals surface area contributed by atoms with Crippen LogP contribution in [0.3, 0.4) is 0 Å². The molecule has 0 aliphatic rings. The minimum Gasteiger partial charge on any atom is -0.497 e. The van der Waals surface area contributed by atoms with Gasteiger partial charge in [-0.1, -0.05) is 35.9 Å². The molecule has 1 atom stereocenters. The van der Waals surface area contributed by atoms with Crippen LogP contribution >= 0.6 is 12.2 Å². The van der Waals surface area contributed by atoms with Gasteiger partial charge in [-0.25, -0.2) is 4.98 Å². The van der Waals surface area contributed by atoms with Crippen molar-refractivity contribution in [2.45, 2.75) is 25.9 Å². The molecule has 4 rings (SSSR count). The molecule has 1 unspecified atom stereocenters. The van der Waals surface area contributed by atoms with Crippen LogP contribution in [0.2, 0.25) is 0 Å². The van der Waals surface area contributed by atoms with Gasteiger partial charge in [0.2, 0.25) is 5.91 Å². The lowest BCUT2D eigenvalue weighted by atomic mass is 10.1. The molecule has 2 aromatic heterocycles. The molecule has 0 radical (unpaired) electrons. The molecular weight excluding hydrogens is 436 g/mol. The Kier molecular flexibility index (Phi) is 6.69. The third kappa shape index (κ3) is 5.04. The number of rotatable bonds is 8. The lowest BCUT2D eigenvalue weighted by Crippen LogP contribution is -2.31. The summed E-state index contributed by atoms with van der Waals surface area (Å²) in [5.41, 5.74) is 2.99. The van der Waals surface area contributed by atoms with E-state index in [0.29, 0.717) is 17.1 Å². The second kappa shape index (κ2) is 9.83. The van der Waals surface area contributed by atoms with Gasteiger partial charge in [0.05, 0.1) is 7.11 Å². The van der Waals surface area contributed by atoms with E-state index in [2.05, 4.69) is 20.5 Å². The van der Waals surface area contributed by atoms with E-state index in [1.165, 1.54) is 0 Å². The highest BCUT2D eigenvalue weighted by atomic mass is 32.1. The monoisotopic (exact) mass is 462 g/mol. The number of carbonyl (C=O) groups excluding carboxylic acids is 1. The number of methoxy groups -OCH3 is 1. The van der Waals surface area contributed by atoms with E-state index in [-0.39, 0.29) is 12.3 Å². The molecule has 1 amide bonds. The van der Waals surface area contributed by atoms with Crippen LogP contribution in [-0.2, 0) is 18.4 Å². The lowest BCUT2D eigenvalue weighted by Gasteiger charge is -2.19. The number of nitrogens with zero attached hydrogens (tertiary/aromatic N) is 4. The van der Waals surface area contributed by atoms with Crippen molar-refractivity contribution in [2.24, 2.45) is 7.05 Å². The summed E-state index contributed by atoms with van der Waals surface area (Å²) in [4.78, 5) is 17.5. The van der Waals surface area contributed by atoms with Crippen LogP contribution in [0, 0.1) is 11.7 Å². The number of benzene rings is 2. The molecule has 8 nitrogen and oxygen atoms in total. The first kappa shape index (κ1) is 22.5. The van der Waals surface area contributed by atoms with Crippen LogP contribution in [0.5, 0.6) is 5.75 Å². The summed E-state index contributed by atoms with van der Waals surface area (Å²) in [6.45, 7) is 2.43. The Morgan fingerprint density at radius 2 is 2.03 bits per heavy atom. The molecular formula is C24H26N6O2S. The molecule has 0 saturated heterocycles. The van der Waals surface area contributed by atoms with E-state index in [0.717, 1.165) is 28.3 Å². The highest BCUT2D eigenvalue weighted by molar-refractivity contribution is 7.71. The Hall–Kier alpha value is -3.72. The maximum atomic E-state index is 13.0. The molecule has 0 saturated carbocycles. The maximum Gasteiger partial charge on any atom is 0.222 e. The zero-order chi connectivity index (χ0) is 23.4. The highest BCUT2D eigenvalue weighted by Gasteiger charge is 2.21. The number of hydrogen-bond donors (Lipinski definition) is 2. The number of ether oxygens (including phenoxy) is 1. The number of aromatic nitrogens is 5. The molecule has 0 aliphatic heterocycles. The fourth-order valence-electron chi connectivity index (χ4n) is 3.72. The average Bonchev–Trinajstić information content (AvgIpc) is 3.41. The fourth-order valence-corrected chi connectivity index (χ4v) is 3.95. The first-order chi connectivity index (χ1) is 16.0. The maximum absolute atomic E-state index is 13.0. The summed E-state index contributed by atoms with van der Waals surface area (Å²) < 4.78 is 9.50. The van der Waals surface area contributed by atoms with Gasteiger partial charge < -0.3 is 14.6 Å². The van der Waals surface area contributed by atoms with Crippen LogP contribution in [0.15, 0.2) is 60.9 Å². The second-order valence-electron chi connectivity index (χ2n) is 7.79. The standard InChI is InChI=1S/C24H26N6O2S/c1-16-5-4-6-18(15-16)22-27-28-24(33)30(22)13-11-20(31)26-21(23-25-12-14-29(23)2)17-7-9-19(32-3)10-8-17/h4-10,12,14-15,21H,11,13H2,1-3H3,(H,26,31)(H,28,33). The van der Waals surface area contributed by atoms with Crippen molar-refractivity contribution in [1.29, 1.82) is 0 Å². The van der Waals surface area contributed by atoms with Crippen molar-refractivity contribution in [2.75, 3.05) is 7.11 Å². The van der Waals surface area contributed by atoms with Crippen LogP contribution < -0.4 is 10.1 Å². The number of imidazole rings is 1. The Morgan fingerprint density at radius 1 is 1.24 bits per heavy atom. The summed E-state index contributed by atoms with van der Waals surface area (Å²) in [5.74, 6) is 2.10. The molecule has 4 aromatic rings. The summed E-state index contributed by atoms with van der Waals surface area (Å²) in [7, 11) is 3.53. The first-order valence-electron chi connectivity index (χ1n) is 10.6. The molecule has 0 spiro atoms. The van der Waals surface area contributed by atoms with E-state index < -0.39 is 6.04 Å². The lowest BCUT2D eigenvalue weighted by molar-refractivity contribution is -0.121. The van der Waals surface area contributed by atoms with Gasteiger partial charge in [0, 0.05) is 38.0 Å². The Balaban J connectivity index is 1.53. The van der Waals surface area contributed by atoms with Gasteiger partial charge in [0.25, 0.3) is 0 Å². The van der Waals surface area contributed by atoms with Crippen molar-refractivity contribution >= 4 is 18.1 Å². The molecule has 0 aliphatic carbocycles. The summed E-state index contributed by atoms with van der Waals surface area (Å²) in [6.07, 6.45) is 3.82. The third-order valence-electron chi connectivity index (χ3n) is 5.47. The minimum absolute atomic E-state index is 0.114. The molecule has 33 heavy (non-hydrogen) atoms. The van der Waals surface area contributed by atoms with Crippen molar-refractivity contribution in [3.8, 4) is 17.1 Å². The quantitative estimate of drug-likeness (QED) is 0.387. The molecule has 2 aromatic carbocycles. The number of H-pyrrole nitrogens is 1. The van der Waals surface area contributed by atoms with Gasteiger partial charge in [-0.3, -0.25) is 14.5 Å². The summed E-state index contributed by atoms with van der Waals surface area (Å²) in [5, 5.41) is 10.3. The number of carbonyl (C=O) groups is 1. The summed E-state index contributed by atoms with van der Waals surface area (Å²) in [6, 6.07) is 15.2. The molecule has 0 bridgehead atoms. The average molecular weight is 463 g/mol. The fraction of sp³-hybridized carbons (Fsp3) is 0.250. The van der Waals surface area contributed by atoms with Crippen molar-refractivity contribution in [3.05, 3.63) is 82.6 Å². The van der Waals surface area contributed by atoms with Crippen LogP contribution in [-0.4, -0.2) is 37.3 Å². The smallest absolute Gasteiger partial charge is 0.222 e. The van der Waals surface area contributed by atoms with Gasteiger partial charge in [-0.05, 0) is 42.9 Å². The van der Waals surface area contributed by atoms with Crippen LogP contribution in [0.4, 0.5) is 0 Å². The zero-order valence-electron chi connectivity index (χ0n) is 18.8.